The van der Waals surface area contributed by atoms with E-state index < -0.39 is 9.49 Å². The van der Waals surface area contributed by atoms with Gasteiger partial charge < -0.3 is 9.47 Å². The molecule has 6 rings (SSSR count). The van der Waals surface area contributed by atoms with Gasteiger partial charge in [-0.25, -0.2) is 0 Å². The van der Waals surface area contributed by atoms with Crippen molar-refractivity contribution in [1.82, 2.24) is 20.2 Å². The SMILES string of the molecule is CCc1ccc(C(=O)COc2ccc(CC3(C)SC(=O)N(Cc4ccc(CCOc5ccc(CC6(C)SC(=O)NC6=O)cc5)nc4)C3=O)cc2)nc1. The van der Waals surface area contributed by atoms with Crippen LogP contribution in [0.4, 0.5) is 9.59 Å². The molecule has 0 radical (unpaired) electrons. The quantitative estimate of drug-likeness (QED) is 0.135. The molecule has 2 aliphatic rings. The summed E-state index contributed by atoms with van der Waals surface area (Å²) in [6.45, 7) is 5.95. The molecule has 268 valence electrons. The molecule has 0 bridgehead atoms. The summed E-state index contributed by atoms with van der Waals surface area (Å²) in [6, 6.07) is 21.9. The van der Waals surface area contributed by atoms with Crippen LogP contribution in [0.1, 0.15) is 59.2 Å². The van der Waals surface area contributed by atoms with Crippen LogP contribution in [0.15, 0.2) is 85.2 Å². The van der Waals surface area contributed by atoms with Crippen LogP contribution in [0.3, 0.4) is 0 Å². The number of benzene rings is 2. The van der Waals surface area contributed by atoms with Crippen LogP contribution in [-0.4, -0.2) is 65.7 Å². The number of pyridine rings is 2. The molecular weight excluding hydrogens is 701 g/mol. The zero-order valence-electron chi connectivity index (χ0n) is 29.0. The Morgan fingerprint density at radius 1 is 0.750 bits per heavy atom. The Balaban J connectivity index is 0.952. The first-order valence-electron chi connectivity index (χ1n) is 16.9. The first-order chi connectivity index (χ1) is 24.9. The highest BCUT2D eigenvalue weighted by atomic mass is 32.2. The van der Waals surface area contributed by atoms with Crippen LogP contribution in [0.2, 0.25) is 0 Å². The predicted molar refractivity (Wildman–Crippen MR) is 199 cm³/mol. The predicted octanol–water partition coefficient (Wildman–Crippen LogP) is 6.40. The number of nitrogens with zero attached hydrogens (tertiary/aromatic N) is 3. The van der Waals surface area contributed by atoms with Gasteiger partial charge in [0.15, 0.2) is 6.61 Å². The van der Waals surface area contributed by atoms with Crippen molar-refractivity contribution < 1.29 is 33.4 Å². The Kier molecular flexibility index (Phi) is 11.1. The normalized spacial score (nSPS) is 19.9. The lowest BCUT2D eigenvalue weighted by molar-refractivity contribution is -0.129. The Morgan fingerprint density at radius 3 is 1.94 bits per heavy atom. The third kappa shape index (κ3) is 8.71. The van der Waals surface area contributed by atoms with E-state index in [1.54, 1.807) is 44.4 Å². The van der Waals surface area contributed by atoms with Crippen LogP contribution in [0.5, 0.6) is 11.5 Å². The van der Waals surface area contributed by atoms with Gasteiger partial charge in [0.05, 0.1) is 13.2 Å². The third-order valence-electron chi connectivity index (χ3n) is 8.92. The highest BCUT2D eigenvalue weighted by Gasteiger charge is 2.49. The molecule has 0 spiro atoms. The molecule has 4 heterocycles. The van der Waals surface area contributed by atoms with E-state index in [0.29, 0.717) is 43.1 Å². The Bertz CT molecular complexity index is 1970. The average Bonchev–Trinajstić information content (AvgIpc) is 3.51. The topological polar surface area (TPSA) is 145 Å². The fourth-order valence-electron chi connectivity index (χ4n) is 5.89. The van der Waals surface area contributed by atoms with Crippen molar-refractivity contribution in [3.63, 3.8) is 0 Å². The molecule has 11 nitrogen and oxygen atoms in total. The number of ether oxygens (including phenoxy) is 2. The van der Waals surface area contributed by atoms with E-state index in [4.69, 9.17) is 9.47 Å². The van der Waals surface area contributed by atoms with Gasteiger partial charge in [-0.1, -0.05) is 43.3 Å². The molecule has 1 N–H and O–H groups in total. The Morgan fingerprint density at radius 2 is 1.37 bits per heavy atom. The van der Waals surface area contributed by atoms with Gasteiger partial charge in [0.25, 0.3) is 10.5 Å². The van der Waals surface area contributed by atoms with Crippen LogP contribution >= 0.6 is 23.5 Å². The summed E-state index contributed by atoms with van der Waals surface area (Å²) in [7, 11) is 0. The molecule has 2 atom stereocenters. The summed E-state index contributed by atoms with van der Waals surface area (Å²) in [5.74, 6) is 0.452. The first kappa shape index (κ1) is 36.8. The van der Waals surface area contributed by atoms with Crippen molar-refractivity contribution in [3.05, 3.63) is 119 Å². The van der Waals surface area contributed by atoms with Gasteiger partial charge in [-0.05, 0) is 115 Å². The van der Waals surface area contributed by atoms with Gasteiger partial charge in [-0.3, -0.25) is 44.2 Å². The second-order valence-corrected chi connectivity index (χ2v) is 16.0. The van der Waals surface area contributed by atoms with E-state index >= 15 is 0 Å². The number of carbonyl (C=O) groups excluding carboxylic acids is 5. The van der Waals surface area contributed by atoms with Crippen molar-refractivity contribution in [2.75, 3.05) is 13.2 Å². The van der Waals surface area contributed by atoms with Crippen molar-refractivity contribution in [2.24, 2.45) is 0 Å². The van der Waals surface area contributed by atoms with E-state index in [1.165, 1.54) is 4.90 Å². The Hall–Kier alpha value is -5.01. The summed E-state index contributed by atoms with van der Waals surface area (Å²) >= 11 is 2.03. The van der Waals surface area contributed by atoms with Crippen molar-refractivity contribution in [1.29, 1.82) is 0 Å². The average molecular weight is 739 g/mol. The van der Waals surface area contributed by atoms with Crippen molar-refractivity contribution in [3.8, 4) is 11.5 Å². The summed E-state index contributed by atoms with van der Waals surface area (Å²) < 4.78 is 9.78. The fraction of sp³-hybridized carbons (Fsp3) is 0.308. The van der Waals surface area contributed by atoms with Gasteiger partial charge in [0.1, 0.15) is 26.7 Å². The van der Waals surface area contributed by atoms with E-state index in [9.17, 15) is 24.0 Å². The smallest absolute Gasteiger partial charge is 0.289 e. The van der Waals surface area contributed by atoms with Crippen LogP contribution < -0.4 is 14.8 Å². The molecule has 2 unspecified atom stereocenters. The largest absolute Gasteiger partial charge is 0.493 e. The Labute approximate surface area is 310 Å². The van der Waals surface area contributed by atoms with Crippen molar-refractivity contribution >= 4 is 51.6 Å². The van der Waals surface area contributed by atoms with Gasteiger partial charge in [0.2, 0.25) is 17.6 Å². The second-order valence-electron chi connectivity index (χ2n) is 13.1. The number of aryl methyl sites for hydroxylation is 1. The number of aromatic nitrogens is 2. The molecule has 0 saturated carbocycles. The highest BCUT2D eigenvalue weighted by Crippen LogP contribution is 2.41. The van der Waals surface area contributed by atoms with E-state index in [-0.39, 0.29) is 41.2 Å². The fourth-order valence-corrected chi connectivity index (χ4v) is 7.90. The molecule has 0 aliphatic carbocycles. The lowest BCUT2D eigenvalue weighted by Gasteiger charge is -2.21. The minimum atomic E-state index is -0.963. The first-order valence-corrected chi connectivity index (χ1v) is 18.5. The third-order valence-corrected chi connectivity index (χ3v) is 11.1. The molecule has 2 aromatic heterocycles. The van der Waals surface area contributed by atoms with Crippen LogP contribution in [0.25, 0.3) is 0 Å². The monoisotopic (exact) mass is 738 g/mol. The van der Waals surface area contributed by atoms with Gasteiger partial charge in [0, 0.05) is 24.5 Å². The number of amides is 4. The van der Waals surface area contributed by atoms with Gasteiger partial charge in [-0.15, -0.1) is 0 Å². The maximum absolute atomic E-state index is 13.5. The molecule has 4 aromatic rings. The second kappa shape index (κ2) is 15.7. The molecule has 52 heavy (non-hydrogen) atoms. The van der Waals surface area contributed by atoms with Crippen LogP contribution in [-0.2, 0) is 41.8 Å². The minimum absolute atomic E-state index is 0.126. The molecule has 2 aliphatic heterocycles. The van der Waals surface area contributed by atoms with Crippen LogP contribution in [0, 0.1) is 0 Å². The van der Waals surface area contributed by atoms with Crippen molar-refractivity contribution in [2.45, 2.75) is 62.5 Å². The standard InChI is InChI=1S/C39H38N4O7S2/c1-4-25-10-16-32(41-21-25)33(44)24-50-31-14-8-27(9-15-31)20-39(3)35(46)43(37(48)52-39)23-28-5-11-29(40-22-28)17-18-49-30-12-6-26(7-13-30)19-38(2)34(45)42-36(47)51-38/h5-16,21-22H,4,17-20,23-24H2,1-3H3,(H,42,45,47). The van der Waals surface area contributed by atoms with E-state index in [0.717, 1.165) is 57.9 Å². The number of hydrogen-bond acceptors (Lipinski definition) is 11. The molecule has 2 fully saturated rings. The summed E-state index contributed by atoms with van der Waals surface area (Å²) in [5, 5.41) is 1.71. The lowest BCUT2D eigenvalue weighted by atomic mass is 9.98. The summed E-state index contributed by atoms with van der Waals surface area (Å²) in [6.07, 6.45) is 5.55. The maximum Gasteiger partial charge on any atom is 0.289 e. The molecule has 13 heteroatoms. The number of thioether (sulfide) groups is 2. The maximum atomic E-state index is 13.5. The zero-order chi connectivity index (χ0) is 36.9. The van der Waals surface area contributed by atoms with E-state index in [2.05, 4.69) is 15.3 Å². The molecule has 4 amide bonds. The number of rotatable bonds is 15. The van der Waals surface area contributed by atoms with E-state index in [1.807, 2.05) is 61.5 Å². The zero-order valence-corrected chi connectivity index (χ0v) is 30.7. The number of ketones is 1. The molecule has 2 saturated heterocycles. The van der Waals surface area contributed by atoms with Gasteiger partial charge >= 0.3 is 0 Å². The molecule has 2 aromatic carbocycles. The minimum Gasteiger partial charge on any atom is -0.493 e. The number of nitrogens with one attached hydrogen (secondary N) is 1. The number of Topliss-reactive ketones (excluding diaryl/α,β-unsaturated/α-hetero) is 1. The number of carbonyl (C=O) groups is 5. The number of imide groups is 2. The lowest BCUT2D eigenvalue weighted by Crippen LogP contribution is -2.38. The molecular formula is C39H38N4O7S2. The summed E-state index contributed by atoms with van der Waals surface area (Å²) in [4.78, 5) is 72.7. The number of hydrogen-bond donors (Lipinski definition) is 1. The van der Waals surface area contributed by atoms with Gasteiger partial charge in [-0.2, -0.15) is 0 Å². The summed E-state index contributed by atoms with van der Waals surface area (Å²) in [5.41, 5.74) is 4.75. The highest BCUT2D eigenvalue weighted by molar-refractivity contribution is 8.16.